The van der Waals surface area contributed by atoms with E-state index < -0.39 is 12.1 Å². The molecule has 0 heterocycles. The van der Waals surface area contributed by atoms with Crippen LogP contribution in [0.1, 0.15) is 44.2 Å². The lowest BCUT2D eigenvalue weighted by molar-refractivity contribution is -0.182. The first-order chi connectivity index (χ1) is 9.36. The van der Waals surface area contributed by atoms with Crippen molar-refractivity contribution >= 4 is 15.9 Å². The molecule has 0 spiro atoms. The molecular formula is C15H19BrF3N. The number of alkyl halides is 3. The van der Waals surface area contributed by atoms with E-state index in [2.05, 4.69) is 28.2 Å². The second-order valence-corrected chi connectivity index (χ2v) is 6.45. The highest BCUT2D eigenvalue weighted by molar-refractivity contribution is 9.10. The van der Waals surface area contributed by atoms with Crippen LogP contribution in [-0.4, -0.2) is 12.2 Å². The Hall–Kier alpha value is -0.550. The number of nitrogens with one attached hydrogen (secondary N) is 1. The lowest BCUT2D eigenvalue weighted by atomic mass is 9.85. The fraction of sp³-hybridized carbons (Fsp3) is 0.600. The number of benzene rings is 1. The summed E-state index contributed by atoms with van der Waals surface area (Å²) in [5.74, 6) is -1.11. The first-order valence-electron chi connectivity index (χ1n) is 6.94. The normalized spacial score (nSPS) is 25.4. The summed E-state index contributed by atoms with van der Waals surface area (Å²) in [6, 6.07) is 8.37. The fourth-order valence-corrected chi connectivity index (χ4v) is 3.05. The van der Waals surface area contributed by atoms with Gasteiger partial charge in [0.25, 0.3) is 0 Å². The van der Waals surface area contributed by atoms with Gasteiger partial charge in [-0.15, -0.1) is 0 Å². The largest absolute Gasteiger partial charge is 0.391 e. The zero-order valence-electron chi connectivity index (χ0n) is 11.4. The van der Waals surface area contributed by atoms with E-state index in [1.54, 1.807) is 0 Å². The highest BCUT2D eigenvalue weighted by atomic mass is 79.9. The third-order valence-corrected chi connectivity index (χ3v) is 4.57. The highest BCUT2D eigenvalue weighted by Gasteiger charge is 2.41. The number of halogens is 4. The maximum absolute atomic E-state index is 12.6. The van der Waals surface area contributed by atoms with Crippen LogP contribution in [0.2, 0.25) is 0 Å². The van der Waals surface area contributed by atoms with Crippen LogP contribution in [0.5, 0.6) is 0 Å². The highest BCUT2D eigenvalue weighted by Crippen LogP contribution is 2.37. The molecule has 0 unspecified atom stereocenters. The van der Waals surface area contributed by atoms with E-state index in [0.717, 1.165) is 10.0 Å². The molecule has 1 fully saturated rings. The zero-order chi connectivity index (χ0) is 14.8. The molecule has 0 amide bonds. The van der Waals surface area contributed by atoms with Crippen LogP contribution < -0.4 is 5.32 Å². The summed E-state index contributed by atoms with van der Waals surface area (Å²) < 4.78 is 38.9. The van der Waals surface area contributed by atoms with Crippen LogP contribution >= 0.6 is 15.9 Å². The summed E-state index contributed by atoms with van der Waals surface area (Å²) in [5.41, 5.74) is 1.16. The summed E-state index contributed by atoms with van der Waals surface area (Å²) in [6.45, 7) is 2.05. The maximum atomic E-state index is 12.6. The molecule has 0 radical (unpaired) electrons. The number of rotatable bonds is 3. The first kappa shape index (κ1) is 15.8. The summed E-state index contributed by atoms with van der Waals surface area (Å²) in [5, 5.41) is 3.44. The van der Waals surface area contributed by atoms with Crippen LogP contribution in [-0.2, 0) is 0 Å². The molecule has 112 valence electrons. The van der Waals surface area contributed by atoms with Crippen molar-refractivity contribution in [1.29, 1.82) is 0 Å². The Morgan fingerprint density at radius 2 is 1.65 bits per heavy atom. The van der Waals surface area contributed by atoms with Crippen molar-refractivity contribution in [2.45, 2.75) is 50.9 Å². The van der Waals surface area contributed by atoms with E-state index in [1.807, 2.05) is 24.3 Å². The summed E-state index contributed by atoms with van der Waals surface area (Å²) in [7, 11) is 0. The average molecular weight is 350 g/mol. The van der Waals surface area contributed by atoms with Crippen LogP contribution in [0.3, 0.4) is 0 Å². The molecule has 1 atom stereocenters. The molecule has 0 saturated heterocycles. The smallest absolute Gasteiger partial charge is 0.307 e. The molecule has 1 aliphatic rings. The predicted molar refractivity (Wildman–Crippen MR) is 77.5 cm³/mol. The van der Waals surface area contributed by atoms with Gasteiger partial charge in [0.1, 0.15) is 0 Å². The molecule has 1 N–H and O–H groups in total. The van der Waals surface area contributed by atoms with Crippen molar-refractivity contribution in [1.82, 2.24) is 5.32 Å². The monoisotopic (exact) mass is 349 g/mol. The average Bonchev–Trinajstić information content (AvgIpc) is 2.39. The topological polar surface area (TPSA) is 12.0 Å². The number of hydrogen-bond acceptors (Lipinski definition) is 1. The summed E-state index contributed by atoms with van der Waals surface area (Å²) >= 11 is 3.39. The van der Waals surface area contributed by atoms with Gasteiger partial charge in [-0.25, -0.2) is 0 Å². The van der Waals surface area contributed by atoms with E-state index in [4.69, 9.17) is 0 Å². The van der Waals surface area contributed by atoms with Gasteiger partial charge < -0.3 is 5.32 Å². The molecule has 0 aliphatic heterocycles. The Labute approximate surface area is 126 Å². The molecule has 1 aromatic carbocycles. The molecule has 5 heteroatoms. The Kier molecular flexibility index (Phi) is 5.13. The summed E-state index contributed by atoms with van der Waals surface area (Å²) in [4.78, 5) is 0. The van der Waals surface area contributed by atoms with Gasteiger partial charge in [0.2, 0.25) is 0 Å². The molecule has 1 saturated carbocycles. The Morgan fingerprint density at radius 1 is 1.10 bits per heavy atom. The van der Waals surface area contributed by atoms with Crippen molar-refractivity contribution in [3.05, 3.63) is 34.3 Å². The van der Waals surface area contributed by atoms with Crippen molar-refractivity contribution in [3.8, 4) is 0 Å². The Bertz CT molecular complexity index is 422. The second kappa shape index (κ2) is 6.48. The van der Waals surface area contributed by atoms with Gasteiger partial charge in [-0.05, 0) is 50.3 Å². The van der Waals surface area contributed by atoms with Crippen molar-refractivity contribution in [2.24, 2.45) is 5.92 Å². The Morgan fingerprint density at radius 3 is 2.15 bits per heavy atom. The lowest BCUT2D eigenvalue weighted by Crippen LogP contribution is -2.38. The van der Waals surface area contributed by atoms with Gasteiger partial charge in [-0.3, -0.25) is 0 Å². The molecule has 1 aromatic rings. The molecule has 20 heavy (non-hydrogen) atoms. The molecular weight excluding hydrogens is 331 g/mol. The minimum absolute atomic E-state index is 0.163. The molecule has 0 aromatic heterocycles. The SMILES string of the molecule is C[C@H](NC1CCC(C(F)(F)F)CC1)c1ccc(Br)cc1. The van der Waals surface area contributed by atoms with E-state index in [1.165, 1.54) is 0 Å². The van der Waals surface area contributed by atoms with Gasteiger partial charge >= 0.3 is 6.18 Å². The van der Waals surface area contributed by atoms with E-state index >= 15 is 0 Å². The second-order valence-electron chi connectivity index (χ2n) is 5.53. The predicted octanol–water partition coefficient (Wildman–Crippen LogP) is 5.22. The standard InChI is InChI=1S/C15H19BrF3N/c1-10(11-2-6-13(16)7-3-11)20-14-8-4-12(5-9-14)15(17,18)19/h2-3,6-7,10,12,14,20H,4-5,8-9H2,1H3/t10-,12?,14?/m0/s1. The fourth-order valence-electron chi connectivity index (χ4n) is 2.79. The third kappa shape index (κ3) is 4.22. The molecule has 2 rings (SSSR count). The third-order valence-electron chi connectivity index (χ3n) is 4.05. The van der Waals surface area contributed by atoms with Gasteiger partial charge in [-0.1, -0.05) is 28.1 Å². The van der Waals surface area contributed by atoms with E-state index in [9.17, 15) is 13.2 Å². The van der Waals surface area contributed by atoms with E-state index in [0.29, 0.717) is 12.8 Å². The minimum Gasteiger partial charge on any atom is -0.307 e. The van der Waals surface area contributed by atoms with Crippen LogP contribution in [0.4, 0.5) is 13.2 Å². The quantitative estimate of drug-likeness (QED) is 0.788. The van der Waals surface area contributed by atoms with Crippen molar-refractivity contribution < 1.29 is 13.2 Å². The van der Waals surface area contributed by atoms with Gasteiger partial charge in [0.05, 0.1) is 5.92 Å². The van der Waals surface area contributed by atoms with Gasteiger partial charge in [0.15, 0.2) is 0 Å². The molecule has 0 bridgehead atoms. The van der Waals surface area contributed by atoms with Gasteiger partial charge in [-0.2, -0.15) is 13.2 Å². The van der Waals surface area contributed by atoms with Crippen LogP contribution in [0.15, 0.2) is 28.7 Å². The van der Waals surface area contributed by atoms with Crippen LogP contribution in [0.25, 0.3) is 0 Å². The van der Waals surface area contributed by atoms with Crippen LogP contribution in [0, 0.1) is 5.92 Å². The molecule has 1 nitrogen and oxygen atoms in total. The first-order valence-corrected chi connectivity index (χ1v) is 7.74. The van der Waals surface area contributed by atoms with Gasteiger partial charge in [0, 0.05) is 16.6 Å². The Balaban J connectivity index is 1.85. The number of hydrogen-bond donors (Lipinski definition) is 1. The van der Waals surface area contributed by atoms with Crippen molar-refractivity contribution in [2.75, 3.05) is 0 Å². The van der Waals surface area contributed by atoms with E-state index in [-0.39, 0.29) is 24.9 Å². The zero-order valence-corrected chi connectivity index (χ0v) is 13.0. The van der Waals surface area contributed by atoms with Crippen molar-refractivity contribution in [3.63, 3.8) is 0 Å². The minimum atomic E-state index is -4.03. The summed E-state index contributed by atoms with van der Waals surface area (Å²) in [6.07, 6.45) is -2.33. The maximum Gasteiger partial charge on any atom is 0.391 e. The molecule has 1 aliphatic carbocycles. The lowest BCUT2D eigenvalue weighted by Gasteiger charge is -2.32.